The van der Waals surface area contributed by atoms with Gasteiger partial charge in [0, 0.05) is 44.4 Å². The predicted molar refractivity (Wildman–Crippen MR) is 77.2 cm³/mol. The first-order chi connectivity index (χ1) is 9.27. The number of nitrogens with two attached hydrogens (primary N) is 1. The van der Waals surface area contributed by atoms with Gasteiger partial charge in [0.1, 0.15) is 0 Å². The van der Waals surface area contributed by atoms with E-state index < -0.39 is 0 Å². The quantitative estimate of drug-likeness (QED) is 0.827. The molecule has 1 saturated carbocycles. The predicted octanol–water partition coefficient (Wildman–Crippen LogP) is 1.05. The molecular formula is C15H29N3O. The van der Waals surface area contributed by atoms with Gasteiger partial charge in [0.2, 0.25) is 0 Å². The summed E-state index contributed by atoms with van der Waals surface area (Å²) < 4.78 is 5.74. The SMILES string of the molecule is CCOC1CC(CN)(N2CCN3CCCCC3C2)C1. The van der Waals surface area contributed by atoms with Gasteiger partial charge in [-0.3, -0.25) is 9.80 Å². The maximum absolute atomic E-state index is 6.12. The van der Waals surface area contributed by atoms with Crippen molar-refractivity contribution < 1.29 is 4.74 Å². The lowest BCUT2D eigenvalue weighted by molar-refractivity contribution is -0.120. The average molecular weight is 267 g/mol. The highest BCUT2D eigenvalue weighted by Crippen LogP contribution is 2.40. The van der Waals surface area contributed by atoms with Gasteiger partial charge >= 0.3 is 0 Å². The molecular weight excluding hydrogens is 238 g/mol. The molecule has 0 aromatic carbocycles. The van der Waals surface area contributed by atoms with E-state index in [1.807, 2.05) is 0 Å². The molecule has 1 atom stereocenters. The maximum Gasteiger partial charge on any atom is 0.0611 e. The van der Waals surface area contributed by atoms with Gasteiger partial charge in [0.25, 0.3) is 0 Å². The molecule has 0 amide bonds. The topological polar surface area (TPSA) is 41.7 Å². The van der Waals surface area contributed by atoms with Crippen LogP contribution < -0.4 is 5.73 Å². The summed E-state index contributed by atoms with van der Waals surface area (Å²) in [7, 11) is 0. The molecule has 3 rings (SSSR count). The lowest BCUT2D eigenvalue weighted by Crippen LogP contribution is -2.69. The van der Waals surface area contributed by atoms with E-state index >= 15 is 0 Å². The molecule has 3 aliphatic rings. The molecule has 3 fully saturated rings. The highest BCUT2D eigenvalue weighted by atomic mass is 16.5. The van der Waals surface area contributed by atoms with Gasteiger partial charge in [-0.1, -0.05) is 6.42 Å². The van der Waals surface area contributed by atoms with Crippen molar-refractivity contribution >= 4 is 0 Å². The Morgan fingerprint density at radius 2 is 2.05 bits per heavy atom. The maximum atomic E-state index is 6.12. The van der Waals surface area contributed by atoms with Crippen molar-refractivity contribution in [3.8, 4) is 0 Å². The summed E-state index contributed by atoms with van der Waals surface area (Å²) in [4.78, 5) is 5.39. The first-order valence-electron chi connectivity index (χ1n) is 8.08. The summed E-state index contributed by atoms with van der Waals surface area (Å²) in [6.45, 7) is 8.71. The van der Waals surface area contributed by atoms with Crippen LogP contribution in [0.5, 0.6) is 0 Å². The molecule has 19 heavy (non-hydrogen) atoms. The van der Waals surface area contributed by atoms with Crippen molar-refractivity contribution in [1.29, 1.82) is 0 Å². The van der Waals surface area contributed by atoms with Crippen LogP contribution in [0.1, 0.15) is 39.0 Å². The molecule has 0 radical (unpaired) electrons. The molecule has 0 aromatic rings. The van der Waals surface area contributed by atoms with Crippen LogP contribution in [0.3, 0.4) is 0 Å². The van der Waals surface area contributed by atoms with Crippen molar-refractivity contribution in [2.24, 2.45) is 5.73 Å². The molecule has 0 bridgehead atoms. The molecule has 110 valence electrons. The Bertz CT molecular complexity index is 304. The van der Waals surface area contributed by atoms with Crippen LogP contribution in [0.4, 0.5) is 0 Å². The van der Waals surface area contributed by atoms with Gasteiger partial charge in [0.05, 0.1) is 6.10 Å². The van der Waals surface area contributed by atoms with E-state index in [2.05, 4.69) is 16.7 Å². The minimum Gasteiger partial charge on any atom is -0.378 e. The monoisotopic (exact) mass is 267 g/mol. The molecule has 1 aliphatic carbocycles. The minimum atomic E-state index is 0.253. The standard InChI is InChI=1S/C15H29N3O/c1-2-19-14-9-15(10-14,12-16)18-8-7-17-6-4-3-5-13(17)11-18/h13-14H,2-12,16H2,1H3. The van der Waals surface area contributed by atoms with Crippen LogP contribution in [-0.2, 0) is 4.74 Å². The lowest BCUT2D eigenvalue weighted by Gasteiger charge is -2.57. The van der Waals surface area contributed by atoms with Crippen LogP contribution in [0, 0.1) is 0 Å². The Balaban J connectivity index is 1.59. The van der Waals surface area contributed by atoms with Crippen molar-refractivity contribution in [3.05, 3.63) is 0 Å². The summed E-state index contributed by atoms with van der Waals surface area (Å²) in [6.07, 6.45) is 6.93. The molecule has 0 aromatic heterocycles. The fraction of sp³-hybridized carbons (Fsp3) is 1.00. The minimum absolute atomic E-state index is 0.253. The van der Waals surface area contributed by atoms with Gasteiger partial charge in [-0.15, -0.1) is 0 Å². The van der Waals surface area contributed by atoms with E-state index in [0.717, 1.165) is 32.0 Å². The Morgan fingerprint density at radius 1 is 1.21 bits per heavy atom. The Morgan fingerprint density at radius 3 is 2.79 bits per heavy atom. The first-order valence-corrected chi connectivity index (χ1v) is 8.08. The molecule has 2 saturated heterocycles. The van der Waals surface area contributed by atoms with Crippen LogP contribution in [0.15, 0.2) is 0 Å². The molecule has 1 unspecified atom stereocenters. The summed E-state index contributed by atoms with van der Waals surface area (Å²) in [5.74, 6) is 0. The number of piperazine rings is 1. The number of ether oxygens (including phenoxy) is 1. The lowest BCUT2D eigenvalue weighted by atomic mass is 9.72. The molecule has 4 nitrogen and oxygen atoms in total. The summed E-state index contributed by atoms with van der Waals surface area (Å²) >= 11 is 0. The number of piperidine rings is 1. The van der Waals surface area contributed by atoms with E-state index in [-0.39, 0.29) is 5.54 Å². The zero-order chi connectivity index (χ0) is 13.3. The van der Waals surface area contributed by atoms with E-state index in [1.165, 1.54) is 45.4 Å². The number of hydrogen-bond donors (Lipinski definition) is 1. The molecule has 0 spiro atoms. The first kappa shape index (κ1) is 13.8. The normalized spacial score (nSPS) is 40.7. The Kier molecular flexibility index (Phi) is 4.13. The van der Waals surface area contributed by atoms with Gasteiger partial charge in [-0.25, -0.2) is 0 Å². The summed E-state index contributed by atoms with van der Waals surface area (Å²) in [6, 6.07) is 0.789. The van der Waals surface area contributed by atoms with E-state index in [9.17, 15) is 0 Å². The largest absolute Gasteiger partial charge is 0.378 e. The van der Waals surface area contributed by atoms with E-state index in [4.69, 9.17) is 10.5 Å². The zero-order valence-electron chi connectivity index (χ0n) is 12.3. The number of rotatable bonds is 4. The van der Waals surface area contributed by atoms with Crippen molar-refractivity contribution in [1.82, 2.24) is 9.80 Å². The van der Waals surface area contributed by atoms with E-state index in [1.54, 1.807) is 0 Å². The summed E-state index contributed by atoms with van der Waals surface area (Å²) in [5.41, 5.74) is 6.37. The summed E-state index contributed by atoms with van der Waals surface area (Å²) in [5, 5.41) is 0. The van der Waals surface area contributed by atoms with Crippen molar-refractivity contribution in [2.45, 2.75) is 56.7 Å². The third-order valence-corrected chi connectivity index (χ3v) is 5.51. The average Bonchev–Trinajstić information content (AvgIpc) is 2.42. The van der Waals surface area contributed by atoms with Crippen LogP contribution in [-0.4, -0.2) is 66.8 Å². The highest BCUT2D eigenvalue weighted by molar-refractivity contribution is 5.06. The second-order valence-electron chi connectivity index (χ2n) is 6.55. The smallest absolute Gasteiger partial charge is 0.0611 e. The fourth-order valence-corrected chi connectivity index (χ4v) is 4.28. The van der Waals surface area contributed by atoms with Gasteiger partial charge in [-0.05, 0) is 39.2 Å². The number of hydrogen-bond acceptors (Lipinski definition) is 4. The Hall–Kier alpha value is -0.160. The van der Waals surface area contributed by atoms with Gasteiger partial charge < -0.3 is 10.5 Å². The van der Waals surface area contributed by atoms with Crippen LogP contribution in [0.25, 0.3) is 0 Å². The molecule has 2 N–H and O–H groups in total. The highest BCUT2D eigenvalue weighted by Gasteiger charge is 2.49. The van der Waals surface area contributed by atoms with Crippen LogP contribution in [0.2, 0.25) is 0 Å². The zero-order valence-corrected chi connectivity index (χ0v) is 12.3. The number of fused-ring (bicyclic) bond motifs is 1. The molecule has 2 heterocycles. The van der Waals surface area contributed by atoms with Gasteiger partial charge in [0.15, 0.2) is 0 Å². The van der Waals surface area contributed by atoms with Crippen molar-refractivity contribution in [2.75, 3.05) is 39.3 Å². The second-order valence-corrected chi connectivity index (χ2v) is 6.55. The molecule has 4 heteroatoms. The van der Waals surface area contributed by atoms with Crippen molar-refractivity contribution in [3.63, 3.8) is 0 Å². The molecule has 2 aliphatic heterocycles. The van der Waals surface area contributed by atoms with Gasteiger partial charge in [-0.2, -0.15) is 0 Å². The van der Waals surface area contributed by atoms with E-state index in [0.29, 0.717) is 6.10 Å². The number of nitrogens with zero attached hydrogens (tertiary/aromatic N) is 2. The second kappa shape index (κ2) is 5.68. The third kappa shape index (κ3) is 2.56. The third-order valence-electron chi connectivity index (χ3n) is 5.51. The fourth-order valence-electron chi connectivity index (χ4n) is 4.28. The Labute approximate surface area is 117 Å². The van der Waals surface area contributed by atoms with Crippen LogP contribution >= 0.6 is 0 Å².